The summed E-state index contributed by atoms with van der Waals surface area (Å²) in [6.45, 7) is 3.89. The van der Waals surface area contributed by atoms with Crippen LogP contribution in [0.25, 0.3) is 0 Å². The smallest absolute Gasteiger partial charge is 0.266 e. The molecule has 0 unspecified atom stereocenters. The fraction of sp³-hybridized carbons (Fsp3) is 0.615. The number of carbonyl (C=O) groups excluding carboxylic acids is 1. The lowest BCUT2D eigenvalue weighted by Crippen LogP contribution is -2.44. The molecule has 0 saturated heterocycles. The third-order valence-corrected chi connectivity index (χ3v) is 4.65. The molecule has 20 heavy (non-hydrogen) atoms. The van der Waals surface area contributed by atoms with Crippen molar-refractivity contribution in [1.82, 2.24) is 9.88 Å². The highest BCUT2D eigenvalue weighted by atomic mass is 32.1. The number of aryl methyl sites for hydroxylation is 2. The maximum Gasteiger partial charge on any atom is 0.266 e. The molecular formula is C13H20N4O2S. The van der Waals surface area contributed by atoms with Crippen LogP contribution in [0.3, 0.4) is 0 Å². The van der Waals surface area contributed by atoms with Gasteiger partial charge in [-0.2, -0.15) is 0 Å². The topological polar surface area (TPSA) is 91.8 Å². The van der Waals surface area contributed by atoms with Crippen molar-refractivity contribution in [3.8, 4) is 0 Å². The highest BCUT2D eigenvalue weighted by Crippen LogP contribution is 2.27. The lowest BCUT2D eigenvalue weighted by molar-refractivity contribution is 0.0716. The van der Waals surface area contributed by atoms with Gasteiger partial charge in [-0.1, -0.05) is 18.0 Å². The fourth-order valence-corrected chi connectivity index (χ4v) is 3.52. The minimum Gasteiger partial charge on any atom is -0.409 e. The molecule has 1 aromatic rings. The van der Waals surface area contributed by atoms with Crippen LogP contribution >= 0.6 is 11.3 Å². The third-order valence-electron chi connectivity index (χ3n) is 3.58. The van der Waals surface area contributed by atoms with E-state index in [2.05, 4.69) is 10.1 Å². The number of hydrogen-bond donors (Lipinski definition) is 2. The van der Waals surface area contributed by atoms with Gasteiger partial charge in [-0.05, 0) is 26.7 Å². The second kappa shape index (κ2) is 6.21. The van der Waals surface area contributed by atoms with E-state index in [-0.39, 0.29) is 24.3 Å². The summed E-state index contributed by atoms with van der Waals surface area (Å²) in [7, 11) is 0. The van der Waals surface area contributed by atoms with Gasteiger partial charge in [0.05, 0.1) is 17.2 Å². The maximum atomic E-state index is 12.7. The second-order valence-electron chi connectivity index (χ2n) is 5.11. The Hall–Kier alpha value is -1.63. The molecule has 1 amide bonds. The van der Waals surface area contributed by atoms with E-state index >= 15 is 0 Å². The van der Waals surface area contributed by atoms with Crippen molar-refractivity contribution in [3.05, 3.63) is 15.6 Å². The number of nitrogens with zero attached hydrogens (tertiary/aromatic N) is 3. The predicted octanol–water partition coefficient (Wildman–Crippen LogP) is 1.89. The molecule has 1 heterocycles. The van der Waals surface area contributed by atoms with E-state index in [0.717, 1.165) is 36.4 Å². The summed E-state index contributed by atoms with van der Waals surface area (Å²) in [6, 6.07) is 0.171. The largest absolute Gasteiger partial charge is 0.409 e. The van der Waals surface area contributed by atoms with Gasteiger partial charge in [-0.25, -0.2) is 4.98 Å². The van der Waals surface area contributed by atoms with E-state index in [0.29, 0.717) is 4.88 Å². The van der Waals surface area contributed by atoms with Crippen molar-refractivity contribution >= 4 is 23.1 Å². The number of amidine groups is 1. The lowest BCUT2D eigenvalue weighted by Gasteiger charge is -2.28. The molecule has 3 N–H and O–H groups in total. The Labute approximate surface area is 122 Å². The Kier molecular flexibility index (Phi) is 4.59. The Morgan fingerprint density at radius 3 is 2.65 bits per heavy atom. The summed E-state index contributed by atoms with van der Waals surface area (Å²) in [6.07, 6.45) is 4.18. The maximum absolute atomic E-state index is 12.7. The SMILES string of the molecule is Cc1nc(C)c(C(=O)N(CC(N)=NO)C2CCCC2)s1. The van der Waals surface area contributed by atoms with Crippen molar-refractivity contribution in [2.24, 2.45) is 10.9 Å². The fourth-order valence-electron chi connectivity index (χ4n) is 2.65. The summed E-state index contributed by atoms with van der Waals surface area (Å²) < 4.78 is 0. The van der Waals surface area contributed by atoms with Crippen molar-refractivity contribution in [1.29, 1.82) is 0 Å². The van der Waals surface area contributed by atoms with Crippen molar-refractivity contribution < 1.29 is 10.0 Å². The molecule has 0 spiro atoms. The van der Waals surface area contributed by atoms with Gasteiger partial charge < -0.3 is 15.8 Å². The molecule has 0 atom stereocenters. The second-order valence-corrected chi connectivity index (χ2v) is 6.31. The number of oxime groups is 1. The summed E-state index contributed by atoms with van der Waals surface area (Å²) in [4.78, 5) is 19.4. The molecule has 0 aliphatic heterocycles. The van der Waals surface area contributed by atoms with Gasteiger partial charge in [-0.3, -0.25) is 4.79 Å². The first-order valence-electron chi connectivity index (χ1n) is 6.74. The summed E-state index contributed by atoms with van der Waals surface area (Å²) >= 11 is 1.40. The molecule has 2 rings (SSSR count). The van der Waals surface area contributed by atoms with Gasteiger partial charge >= 0.3 is 0 Å². The van der Waals surface area contributed by atoms with Gasteiger partial charge in [0.15, 0.2) is 5.84 Å². The lowest BCUT2D eigenvalue weighted by atomic mass is 10.2. The zero-order valence-corrected chi connectivity index (χ0v) is 12.6. The first-order valence-corrected chi connectivity index (χ1v) is 7.56. The molecule has 1 saturated carbocycles. The Bertz CT molecular complexity index is 520. The van der Waals surface area contributed by atoms with E-state index in [9.17, 15) is 4.79 Å². The van der Waals surface area contributed by atoms with Crippen molar-refractivity contribution in [3.63, 3.8) is 0 Å². The van der Waals surface area contributed by atoms with Gasteiger partial charge in [0, 0.05) is 6.04 Å². The molecule has 0 radical (unpaired) electrons. The quantitative estimate of drug-likeness (QED) is 0.384. The third kappa shape index (κ3) is 3.09. The van der Waals surface area contributed by atoms with Gasteiger partial charge in [0.2, 0.25) is 0 Å². The van der Waals surface area contributed by atoms with E-state index in [1.165, 1.54) is 11.3 Å². The number of hydrogen-bond acceptors (Lipinski definition) is 5. The first kappa shape index (κ1) is 14.8. The van der Waals surface area contributed by atoms with Crippen molar-refractivity contribution in [2.45, 2.75) is 45.6 Å². The van der Waals surface area contributed by atoms with E-state index in [1.54, 1.807) is 4.90 Å². The number of amides is 1. The van der Waals surface area contributed by atoms with Crippen LogP contribution in [0.1, 0.15) is 46.1 Å². The molecule has 7 heteroatoms. The molecule has 0 aromatic carbocycles. The minimum absolute atomic E-state index is 0.0594. The average molecular weight is 296 g/mol. The number of nitrogens with two attached hydrogens (primary N) is 1. The normalized spacial score (nSPS) is 16.6. The molecule has 1 aliphatic carbocycles. The zero-order chi connectivity index (χ0) is 14.7. The monoisotopic (exact) mass is 296 g/mol. The van der Waals surface area contributed by atoms with E-state index < -0.39 is 0 Å². The molecule has 6 nitrogen and oxygen atoms in total. The summed E-state index contributed by atoms with van der Waals surface area (Å²) in [5.41, 5.74) is 6.34. The summed E-state index contributed by atoms with van der Waals surface area (Å²) in [5, 5.41) is 12.6. The minimum atomic E-state index is -0.0633. The van der Waals surface area contributed by atoms with Crippen molar-refractivity contribution in [2.75, 3.05) is 6.54 Å². The summed E-state index contributed by atoms with van der Waals surface area (Å²) in [5.74, 6) is -0.00394. The van der Waals surface area contributed by atoms with Crippen LogP contribution in [0, 0.1) is 13.8 Å². The van der Waals surface area contributed by atoms with Crippen LogP contribution in [0.15, 0.2) is 5.16 Å². The zero-order valence-electron chi connectivity index (χ0n) is 11.8. The Morgan fingerprint density at radius 2 is 2.15 bits per heavy atom. The molecule has 1 aromatic heterocycles. The molecular weight excluding hydrogens is 276 g/mol. The van der Waals surface area contributed by atoms with Crippen LogP contribution in [0.4, 0.5) is 0 Å². The van der Waals surface area contributed by atoms with Gasteiger partial charge in [0.1, 0.15) is 4.88 Å². The van der Waals surface area contributed by atoms with Gasteiger partial charge in [-0.15, -0.1) is 11.3 Å². The number of rotatable bonds is 4. The van der Waals surface area contributed by atoms with Crippen LogP contribution < -0.4 is 5.73 Å². The highest BCUT2D eigenvalue weighted by molar-refractivity contribution is 7.13. The number of thiazole rings is 1. The van der Waals surface area contributed by atoms with Crippen LogP contribution in [0.2, 0.25) is 0 Å². The van der Waals surface area contributed by atoms with Gasteiger partial charge in [0.25, 0.3) is 5.91 Å². The Morgan fingerprint density at radius 1 is 1.50 bits per heavy atom. The molecule has 0 bridgehead atoms. The predicted molar refractivity (Wildman–Crippen MR) is 78.3 cm³/mol. The number of carbonyl (C=O) groups is 1. The number of aromatic nitrogens is 1. The molecule has 1 aliphatic rings. The molecule has 1 fully saturated rings. The molecule has 110 valence electrons. The van der Waals surface area contributed by atoms with E-state index in [4.69, 9.17) is 10.9 Å². The highest BCUT2D eigenvalue weighted by Gasteiger charge is 2.30. The van der Waals surface area contributed by atoms with Crippen LogP contribution in [-0.4, -0.2) is 39.4 Å². The van der Waals surface area contributed by atoms with E-state index in [1.807, 2.05) is 13.8 Å². The van der Waals surface area contributed by atoms with Crippen LogP contribution in [0.5, 0.6) is 0 Å². The first-order chi connectivity index (χ1) is 9.52. The standard InChI is InChI=1S/C13H20N4O2S/c1-8-12(20-9(2)15-8)13(18)17(7-11(14)16-19)10-5-3-4-6-10/h10,19H,3-7H2,1-2H3,(H2,14,16). The average Bonchev–Trinajstić information content (AvgIpc) is 3.04. The van der Waals surface area contributed by atoms with Crippen LogP contribution in [-0.2, 0) is 0 Å². The Balaban J connectivity index is 2.25.